The minimum Gasteiger partial charge on any atom is -0.478 e. The molecule has 0 aromatic heterocycles. The van der Waals surface area contributed by atoms with E-state index in [1.54, 1.807) is 0 Å². The first-order valence-electron chi connectivity index (χ1n) is 4.22. The number of carboxylic acids is 1. The van der Waals surface area contributed by atoms with Gasteiger partial charge in [-0.15, -0.1) is 0 Å². The van der Waals surface area contributed by atoms with E-state index in [2.05, 4.69) is 6.58 Å². The predicted molar refractivity (Wildman–Crippen MR) is 54.4 cm³/mol. The van der Waals surface area contributed by atoms with Gasteiger partial charge in [0.05, 0.1) is 5.57 Å². The number of aliphatic carboxylic acids is 1. The van der Waals surface area contributed by atoms with Crippen LogP contribution in [0.25, 0.3) is 5.57 Å². The highest BCUT2D eigenvalue weighted by Crippen LogP contribution is 2.17. The third-order valence-corrected chi connectivity index (χ3v) is 1.72. The van der Waals surface area contributed by atoms with Gasteiger partial charge in [-0.1, -0.05) is 18.7 Å². The maximum Gasteiger partial charge on any atom is 0.335 e. The second kappa shape index (κ2) is 4.41. The molecule has 0 atom stereocenters. The number of hydrogen-bond acceptors (Lipinski definition) is 3. The van der Waals surface area contributed by atoms with E-state index in [4.69, 9.17) is 9.84 Å². The summed E-state index contributed by atoms with van der Waals surface area (Å²) >= 11 is 0. The molecule has 1 aromatic rings. The van der Waals surface area contributed by atoms with Crippen LogP contribution in [-0.2, 0) is 9.59 Å². The molecule has 0 saturated heterocycles. The van der Waals surface area contributed by atoms with Gasteiger partial charge in [-0.25, -0.2) is 4.79 Å². The molecule has 0 bridgehead atoms. The van der Waals surface area contributed by atoms with Gasteiger partial charge in [0.1, 0.15) is 5.75 Å². The monoisotopic (exact) mass is 206 g/mol. The van der Waals surface area contributed by atoms with Crippen LogP contribution in [0.4, 0.5) is 0 Å². The average molecular weight is 206 g/mol. The van der Waals surface area contributed by atoms with Crippen LogP contribution >= 0.6 is 0 Å². The number of hydrogen-bond donors (Lipinski definition) is 1. The molecule has 0 aliphatic rings. The number of rotatable bonds is 3. The number of esters is 1. The van der Waals surface area contributed by atoms with Gasteiger partial charge >= 0.3 is 11.9 Å². The number of carbonyl (C=O) groups is 2. The van der Waals surface area contributed by atoms with E-state index in [1.165, 1.54) is 31.2 Å². The van der Waals surface area contributed by atoms with Crippen LogP contribution in [0.3, 0.4) is 0 Å². The van der Waals surface area contributed by atoms with Gasteiger partial charge in [-0.05, 0) is 17.7 Å². The largest absolute Gasteiger partial charge is 0.478 e. The predicted octanol–water partition coefficient (Wildman–Crippen LogP) is 1.71. The highest BCUT2D eigenvalue weighted by atomic mass is 16.5. The lowest BCUT2D eigenvalue weighted by molar-refractivity contribution is -0.132. The Morgan fingerprint density at radius 3 is 2.20 bits per heavy atom. The molecule has 0 amide bonds. The first-order valence-corrected chi connectivity index (χ1v) is 4.22. The molecular weight excluding hydrogens is 196 g/mol. The Morgan fingerprint density at radius 2 is 1.80 bits per heavy atom. The Morgan fingerprint density at radius 1 is 1.27 bits per heavy atom. The molecule has 1 aromatic carbocycles. The minimum absolute atomic E-state index is 0.00405. The van der Waals surface area contributed by atoms with Crippen molar-refractivity contribution < 1.29 is 19.4 Å². The number of carbonyl (C=O) groups excluding carboxylic acids is 1. The highest BCUT2D eigenvalue weighted by Gasteiger charge is 2.07. The van der Waals surface area contributed by atoms with Crippen molar-refractivity contribution in [3.8, 4) is 5.75 Å². The fraction of sp³-hybridized carbons (Fsp3) is 0.0909. The Kier molecular flexibility index (Phi) is 3.23. The van der Waals surface area contributed by atoms with Crippen molar-refractivity contribution in [2.75, 3.05) is 0 Å². The highest BCUT2D eigenvalue weighted by molar-refractivity contribution is 6.14. The molecule has 78 valence electrons. The maximum absolute atomic E-state index is 10.6. The Hall–Kier alpha value is -2.10. The van der Waals surface area contributed by atoms with Crippen molar-refractivity contribution in [1.29, 1.82) is 0 Å². The maximum atomic E-state index is 10.6. The second-order valence-electron chi connectivity index (χ2n) is 2.90. The summed E-state index contributed by atoms with van der Waals surface area (Å²) in [5.74, 6) is -1.11. The van der Waals surface area contributed by atoms with Crippen molar-refractivity contribution in [2.45, 2.75) is 6.92 Å². The summed E-state index contributed by atoms with van der Waals surface area (Å²) in [5.41, 5.74) is 0.489. The van der Waals surface area contributed by atoms with Gasteiger partial charge in [0, 0.05) is 6.92 Å². The van der Waals surface area contributed by atoms with Crippen molar-refractivity contribution >= 4 is 17.5 Å². The minimum atomic E-state index is -1.07. The van der Waals surface area contributed by atoms with Crippen LogP contribution in [0, 0.1) is 0 Å². The van der Waals surface area contributed by atoms with Crippen LogP contribution in [0.15, 0.2) is 30.8 Å². The van der Waals surface area contributed by atoms with Gasteiger partial charge < -0.3 is 9.84 Å². The van der Waals surface area contributed by atoms with Crippen molar-refractivity contribution in [3.63, 3.8) is 0 Å². The van der Waals surface area contributed by atoms with E-state index in [-0.39, 0.29) is 5.57 Å². The zero-order chi connectivity index (χ0) is 11.4. The molecule has 15 heavy (non-hydrogen) atoms. The summed E-state index contributed by atoms with van der Waals surface area (Å²) in [5, 5.41) is 8.67. The zero-order valence-corrected chi connectivity index (χ0v) is 8.19. The lowest BCUT2D eigenvalue weighted by Gasteiger charge is -2.03. The third kappa shape index (κ3) is 2.95. The van der Waals surface area contributed by atoms with E-state index in [9.17, 15) is 9.59 Å². The molecule has 0 radical (unpaired) electrons. The number of carboxylic acid groups (broad SMARTS) is 1. The number of benzene rings is 1. The lowest BCUT2D eigenvalue weighted by Crippen LogP contribution is -2.02. The van der Waals surface area contributed by atoms with E-state index < -0.39 is 11.9 Å². The molecular formula is C11H10O4. The van der Waals surface area contributed by atoms with Crippen LogP contribution in [0.1, 0.15) is 12.5 Å². The molecule has 0 heterocycles. The quantitative estimate of drug-likeness (QED) is 0.464. The van der Waals surface area contributed by atoms with Gasteiger partial charge in [0.25, 0.3) is 0 Å². The summed E-state index contributed by atoms with van der Waals surface area (Å²) in [7, 11) is 0. The number of ether oxygens (including phenoxy) is 1. The standard InChI is InChI=1S/C11H10O4/c1-7(11(13)14)9-3-5-10(6-4-9)15-8(2)12/h3-6H,1H2,2H3,(H,13,14). The van der Waals surface area contributed by atoms with Crippen molar-refractivity contribution in [3.05, 3.63) is 36.4 Å². The fourth-order valence-corrected chi connectivity index (χ4v) is 1.01. The summed E-state index contributed by atoms with van der Waals surface area (Å²) in [6.45, 7) is 4.70. The van der Waals surface area contributed by atoms with E-state index in [0.29, 0.717) is 11.3 Å². The molecule has 0 saturated carbocycles. The van der Waals surface area contributed by atoms with Gasteiger partial charge in [-0.3, -0.25) is 4.79 Å². The third-order valence-electron chi connectivity index (χ3n) is 1.72. The summed E-state index contributed by atoms with van der Waals surface area (Å²) in [6.07, 6.45) is 0. The molecule has 0 aliphatic heterocycles. The molecule has 0 aliphatic carbocycles. The SMILES string of the molecule is C=C(C(=O)O)c1ccc(OC(C)=O)cc1. The van der Waals surface area contributed by atoms with E-state index >= 15 is 0 Å². The lowest BCUT2D eigenvalue weighted by atomic mass is 10.1. The fourth-order valence-electron chi connectivity index (χ4n) is 1.01. The van der Waals surface area contributed by atoms with Crippen LogP contribution in [0.5, 0.6) is 5.75 Å². The van der Waals surface area contributed by atoms with E-state index in [0.717, 1.165) is 0 Å². The average Bonchev–Trinajstić information content (AvgIpc) is 2.17. The van der Waals surface area contributed by atoms with Gasteiger partial charge in [0.15, 0.2) is 0 Å². The first kappa shape index (κ1) is 11.0. The Bertz CT molecular complexity index is 403. The molecule has 0 spiro atoms. The normalized spacial score (nSPS) is 9.40. The molecule has 4 heteroatoms. The Balaban J connectivity index is 2.85. The molecule has 0 unspecified atom stereocenters. The Labute approximate surface area is 86.8 Å². The van der Waals surface area contributed by atoms with Crippen LogP contribution in [-0.4, -0.2) is 17.0 Å². The second-order valence-corrected chi connectivity index (χ2v) is 2.90. The molecule has 0 fully saturated rings. The molecule has 1 N–H and O–H groups in total. The van der Waals surface area contributed by atoms with Crippen LogP contribution in [0.2, 0.25) is 0 Å². The van der Waals surface area contributed by atoms with Gasteiger partial charge in [-0.2, -0.15) is 0 Å². The van der Waals surface area contributed by atoms with Gasteiger partial charge in [0.2, 0.25) is 0 Å². The summed E-state index contributed by atoms with van der Waals surface area (Å²) < 4.78 is 4.79. The smallest absolute Gasteiger partial charge is 0.335 e. The molecule has 1 rings (SSSR count). The van der Waals surface area contributed by atoms with Crippen LogP contribution < -0.4 is 4.74 Å². The van der Waals surface area contributed by atoms with Crippen molar-refractivity contribution in [2.24, 2.45) is 0 Å². The van der Waals surface area contributed by atoms with Crippen molar-refractivity contribution in [1.82, 2.24) is 0 Å². The zero-order valence-electron chi connectivity index (χ0n) is 8.19. The van der Waals surface area contributed by atoms with E-state index in [1.807, 2.05) is 0 Å². The molecule has 4 nitrogen and oxygen atoms in total. The summed E-state index contributed by atoms with van der Waals surface area (Å²) in [4.78, 5) is 21.2. The summed E-state index contributed by atoms with van der Waals surface area (Å²) in [6, 6.07) is 6.11. The topological polar surface area (TPSA) is 63.6 Å². The first-order chi connectivity index (χ1) is 7.00.